The van der Waals surface area contributed by atoms with Crippen LogP contribution in [-0.2, 0) is 0 Å². The summed E-state index contributed by atoms with van der Waals surface area (Å²) in [6.07, 6.45) is 1.43. The van der Waals surface area contributed by atoms with Crippen molar-refractivity contribution in [2.24, 2.45) is 5.73 Å². The molecule has 2 aromatic rings. The molecule has 0 saturated carbocycles. The molecule has 0 fully saturated rings. The highest BCUT2D eigenvalue weighted by Gasteiger charge is 2.13. The predicted octanol–water partition coefficient (Wildman–Crippen LogP) is 3.07. The number of hydrogen-bond acceptors (Lipinski definition) is 2. The van der Waals surface area contributed by atoms with Crippen LogP contribution in [0, 0.1) is 17.0 Å². The van der Waals surface area contributed by atoms with Crippen LogP contribution in [0.3, 0.4) is 0 Å². The average Bonchev–Trinajstić information content (AvgIpc) is 2.32. The number of nitrogens with zero attached hydrogens (tertiary/aromatic N) is 1. The van der Waals surface area contributed by atoms with E-state index in [9.17, 15) is 8.78 Å². The Morgan fingerprint density at radius 3 is 2.50 bits per heavy atom. The molecule has 1 heterocycles. The third-order valence-corrected chi connectivity index (χ3v) is 2.85. The molecule has 0 aliphatic heterocycles. The fraction of sp³-hybridized carbons (Fsp3) is 0. The van der Waals surface area contributed by atoms with Crippen molar-refractivity contribution < 1.29 is 8.78 Å². The van der Waals surface area contributed by atoms with Gasteiger partial charge < -0.3 is 5.73 Å². The maximum absolute atomic E-state index is 13.8. The molecule has 3 nitrogen and oxygen atoms in total. The third-order valence-electron chi connectivity index (χ3n) is 2.39. The standard InChI is InChI=1S/C12H8BrF2N3/c13-11-2-1-6(5-18-11)7-3-10(15)8(12(16)17)4-9(7)14/h1-5H,(H3,16,17). The predicted molar refractivity (Wildman–Crippen MR) is 68.3 cm³/mol. The Morgan fingerprint density at radius 2 is 1.94 bits per heavy atom. The molecule has 0 radical (unpaired) electrons. The van der Waals surface area contributed by atoms with E-state index in [0.717, 1.165) is 12.1 Å². The molecule has 1 aromatic heterocycles. The summed E-state index contributed by atoms with van der Waals surface area (Å²) in [6, 6.07) is 5.17. The number of nitrogens with two attached hydrogens (primary N) is 1. The molecular formula is C12H8BrF2N3. The van der Waals surface area contributed by atoms with E-state index in [0.29, 0.717) is 10.2 Å². The van der Waals surface area contributed by atoms with Crippen LogP contribution >= 0.6 is 15.9 Å². The molecule has 0 bridgehead atoms. The van der Waals surface area contributed by atoms with Crippen LogP contribution in [0.15, 0.2) is 35.1 Å². The van der Waals surface area contributed by atoms with Crippen molar-refractivity contribution in [3.05, 3.63) is 52.3 Å². The van der Waals surface area contributed by atoms with Gasteiger partial charge in [0.2, 0.25) is 0 Å². The Hall–Kier alpha value is -1.82. The number of aromatic nitrogens is 1. The number of pyridine rings is 1. The first-order valence-corrected chi connectivity index (χ1v) is 5.73. The van der Waals surface area contributed by atoms with E-state index < -0.39 is 17.5 Å². The van der Waals surface area contributed by atoms with E-state index in [1.54, 1.807) is 12.1 Å². The molecule has 0 spiro atoms. The average molecular weight is 312 g/mol. The van der Waals surface area contributed by atoms with Gasteiger partial charge in [-0.15, -0.1) is 0 Å². The second kappa shape index (κ2) is 4.81. The molecule has 0 aliphatic rings. The molecule has 1 aromatic carbocycles. The zero-order chi connectivity index (χ0) is 13.3. The second-order valence-electron chi connectivity index (χ2n) is 3.60. The maximum Gasteiger partial charge on any atom is 0.134 e. The second-order valence-corrected chi connectivity index (χ2v) is 4.41. The highest BCUT2D eigenvalue weighted by molar-refractivity contribution is 9.10. The van der Waals surface area contributed by atoms with Crippen LogP contribution in [0.25, 0.3) is 11.1 Å². The summed E-state index contributed by atoms with van der Waals surface area (Å²) in [5.74, 6) is -1.89. The van der Waals surface area contributed by atoms with Crippen LogP contribution in [-0.4, -0.2) is 10.8 Å². The zero-order valence-electron chi connectivity index (χ0n) is 9.05. The van der Waals surface area contributed by atoms with Gasteiger partial charge >= 0.3 is 0 Å². The molecule has 0 aliphatic carbocycles. The van der Waals surface area contributed by atoms with E-state index >= 15 is 0 Å². The number of rotatable bonds is 2. The van der Waals surface area contributed by atoms with Crippen LogP contribution in [0.1, 0.15) is 5.56 Å². The summed E-state index contributed by atoms with van der Waals surface area (Å²) in [5, 5.41) is 7.13. The van der Waals surface area contributed by atoms with Gasteiger partial charge in [0.05, 0.1) is 5.56 Å². The summed E-state index contributed by atoms with van der Waals surface area (Å²) >= 11 is 3.16. The third kappa shape index (κ3) is 2.38. The van der Waals surface area contributed by atoms with Crippen molar-refractivity contribution in [1.82, 2.24) is 4.98 Å². The van der Waals surface area contributed by atoms with Crippen LogP contribution in [0.5, 0.6) is 0 Å². The minimum atomic E-state index is -0.734. The van der Waals surface area contributed by atoms with E-state index in [4.69, 9.17) is 11.1 Å². The van der Waals surface area contributed by atoms with E-state index in [2.05, 4.69) is 20.9 Å². The molecule has 2 rings (SSSR count). The Bertz CT molecular complexity index is 611. The Labute approximate surface area is 110 Å². The lowest BCUT2D eigenvalue weighted by Gasteiger charge is -2.07. The topological polar surface area (TPSA) is 62.8 Å². The number of amidine groups is 1. The van der Waals surface area contributed by atoms with Crippen molar-refractivity contribution >= 4 is 21.8 Å². The SMILES string of the molecule is N=C(N)c1cc(F)c(-c2ccc(Br)nc2)cc1F. The molecule has 0 saturated heterocycles. The summed E-state index contributed by atoms with van der Waals surface area (Å²) in [6.45, 7) is 0. The fourth-order valence-electron chi connectivity index (χ4n) is 1.51. The first kappa shape index (κ1) is 12.6. The van der Waals surface area contributed by atoms with E-state index in [1.807, 2.05) is 0 Å². The first-order chi connectivity index (χ1) is 8.49. The summed E-state index contributed by atoms with van der Waals surface area (Å²) in [7, 11) is 0. The molecular weight excluding hydrogens is 304 g/mol. The van der Waals surface area contributed by atoms with Gasteiger partial charge in [0.1, 0.15) is 22.1 Å². The van der Waals surface area contributed by atoms with Gasteiger partial charge in [0.15, 0.2) is 0 Å². The lowest BCUT2D eigenvalue weighted by Crippen LogP contribution is -2.13. The maximum atomic E-state index is 13.8. The largest absolute Gasteiger partial charge is 0.384 e. The van der Waals surface area contributed by atoms with Gasteiger partial charge in [0.25, 0.3) is 0 Å². The highest BCUT2D eigenvalue weighted by atomic mass is 79.9. The van der Waals surface area contributed by atoms with Crippen molar-refractivity contribution in [2.75, 3.05) is 0 Å². The van der Waals surface area contributed by atoms with Crippen LogP contribution in [0.2, 0.25) is 0 Å². The Kier molecular flexibility index (Phi) is 3.38. The van der Waals surface area contributed by atoms with Crippen molar-refractivity contribution in [2.45, 2.75) is 0 Å². The van der Waals surface area contributed by atoms with Crippen LogP contribution in [0.4, 0.5) is 8.78 Å². The van der Waals surface area contributed by atoms with Gasteiger partial charge in [-0.25, -0.2) is 13.8 Å². The monoisotopic (exact) mass is 311 g/mol. The van der Waals surface area contributed by atoms with Crippen molar-refractivity contribution in [3.63, 3.8) is 0 Å². The molecule has 18 heavy (non-hydrogen) atoms. The van der Waals surface area contributed by atoms with Gasteiger partial charge in [0, 0.05) is 17.3 Å². The van der Waals surface area contributed by atoms with Gasteiger partial charge in [-0.2, -0.15) is 0 Å². The van der Waals surface area contributed by atoms with Gasteiger partial charge in [-0.05, 0) is 34.1 Å². The van der Waals surface area contributed by atoms with Gasteiger partial charge in [-0.3, -0.25) is 5.41 Å². The summed E-state index contributed by atoms with van der Waals surface area (Å²) in [5.41, 5.74) is 5.43. The van der Waals surface area contributed by atoms with Crippen molar-refractivity contribution in [3.8, 4) is 11.1 Å². The summed E-state index contributed by atoms with van der Waals surface area (Å²) < 4.78 is 28.1. The molecule has 92 valence electrons. The quantitative estimate of drug-likeness (QED) is 0.508. The lowest BCUT2D eigenvalue weighted by molar-refractivity contribution is 0.600. The Morgan fingerprint density at radius 1 is 1.22 bits per heavy atom. The smallest absolute Gasteiger partial charge is 0.134 e. The molecule has 0 unspecified atom stereocenters. The molecule has 3 N–H and O–H groups in total. The number of nitrogens with one attached hydrogen (secondary N) is 1. The summed E-state index contributed by atoms with van der Waals surface area (Å²) in [4.78, 5) is 3.94. The molecule has 6 heteroatoms. The van der Waals surface area contributed by atoms with Crippen LogP contribution < -0.4 is 5.73 Å². The highest BCUT2D eigenvalue weighted by Crippen LogP contribution is 2.25. The lowest BCUT2D eigenvalue weighted by atomic mass is 10.0. The fourth-order valence-corrected chi connectivity index (χ4v) is 1.74. The van der Waals surface area contributed by atoms with E-state index in [-0.39, 0.29) is 11.1 Å². The Balaban J connectivity index is 2.56. The number of hydrogen-bond donors (Lipinski definition) is 2. The number of nitrogen functional groups attached to an aromatic ring is 1. The first-order valence-electron chi connectivity index (χ1n) is 4.94. The number of benzene rings is 1. The molecule has 0 amide bonds. The molecule has 0 atom stereocenters. The normalized spacial score (nSPS) is 10.4. The van der Waals surface area contributed by atoms with E-state index in [1.165, 1.54) is 6.20 Å². The minimum Gasteiger partial charge on any atom is -0.384 e. The minimum absolute atomic E-state index is 0.0810. The van der Waals surface area contributed by atoms with Crippen molar-refractivity contribution in [1.29, 1.82) is 5.41 Å². The zero-order valence-corrected chi connectivity index (χ0v) is 10.6. The number of halogens is 3. The van der Waals surface area contributed by atoms with Gasteiger partial charge in [-0.1, -0.05) is 6.07 Å².